The van der Waals surface area contributed by atoms with Crippen LogP contribution in [0, 0.1) is 5.92 Å². The van der Waals surface area contributed by atoms with Crippen LogP contribution >= 0.6 is 0 Å². The molecule has 1 unspecified atom stereocenters. The van der Waals surface area contributed by atoms with Crippen LogP contribution in [0.15, 0.2) is 30.3 Å². The second-order valence-corrected chi connectivity index (χ2v) is 7.28. The zero-order valence-electron chi connectivity index (χ0n) is 17.0. The van der Waals surface area contributed by atoms with Gasteiger partial charge in [-0.2, -0.15) is 0 Å². The van der Waals surface area contributed by atoms with Gasteiger partial charge in [0.05, 0.1) is 19.3 Å². The number of carbonyl (C=O) groups excluding carboxylic acids is 2. The first-order valence-corrected chi connectivity index (χ1v) is 10.4. The van der Waals surface area contributed by atoms with Gasteiger partial charge in [-0.1, -0.05) is 50.1 Å². The first kappa shape index (κ1) is 22.2. The fourth-order valence-electron chi connectivity index (χ4n) is 3.55. The number of carbonyl (C=O) groups is 2. The molecule has 1 saturated carbocycles. The minimum absolute atomic E-state index is 0.0996. The van der Waals surface area contributed by atoms with E-state index in [1.165, 1.54) is 12.8 Å². The van der Waals surface area contributed by atoms with Crippen molar-refractivity contribution in [1.29, 1.82) is 0 Å². The molecule has 6 heteroatoms. The highest BCUT2D eigenvalue weighted by molar-refractivity contribution is 5.81. The van der Waals surface area contributed by atoms with E-state index in [1.54, 1.807) is 6.92 Å². The smallest absolute Gasteiger partial charge is 0.408 e. The van der Waals surface area contributed by atoms with E-state index in [4.69, 9.17) is 14.2 Å². The summed E-state index contributed by atoms with van der Waals surface area (Å²) in [4.78, 5) is 24.3. The van der Waals surface area contributed by atoms with Gasteiger partial charge in [0.15, 0.2) is 6.04 Å². The lowest BCUT2D eigenvalue weighted by Crippen LogP contribution is -2.46. The second-order valence-electron chi connectivity index (χ2n) is 7.28. The Morgan fingerprint density at radius 2 is 1.79 bits per heavy atom. The molecule has 1 N–H and O–H groups in total. The minimum atomic E-state index is -0.864. The van der Waals surface area contributed by atoms with Gasteiger partial charge in [0.1, 0.15) is 6.61 Å². The number of hydrogen-bond donors (Lipinski definition) is 1. The largest absolute Gasteiger partial charge is 0.464 e. The van der Waals surface area contributed by atoms with Crippen LogP contribution in [0.5, 0.6) is 0 Å². The highest BCUT2D eigenvalue weighted by Gasteiger charge is 2.27. The van der Waals surface area contributed by atoms with Crippen molar-refractivity contribution in [2.45, 2.75) is 71.1 Å². The topological polar surface area (TPSA) is 73.9 Å². The molecular weight excluding hydrogens is 358 g/mol. The van der Waals surface area contributed by atoms with Crippen LogP contribution < -0.4 is 5.32 Å². The molecule has 1 aliphatic carbocycles. The van der Waals surface area contributed by atoms with E-state index < -0.39 is 18.1 Å². The molecule has 28 heavy (non-hydrogen) atoms. The van der Waals surface area contributed by atoms with Crippen LogP contribution in [-0.4, -0.2) is 37.4 Å². The van der Waals surface area contributed by atoms with Gasteiger partial charge in [-0.15, -0.1) is 0 Å². The second kappa shape index (κ2) is 12.4. The average Bonchev–Trinajstić information content (AvgIpc) is 2.72. The third-order valence-electron chi connectivity index (χ3n) is 5.07. The minimum Gasteiger partial charge on any atom is -0.464 e. The van der Waals surface area contributed by atoms with Crippen molar-refractivity contribution < 1.29 is 23.8 Å². The number of esters is 1. The molecule has 1 aromatic carbocycles. The molecule has 0 spiro atoms. The molecule has 2 rings (SSSR count). The van der Waals surface area contributed by atoms with Gasteiger partial charge < -0.3 is 19.5 Å². The van der Waals surface area contributed by atoms with Crippen LogP contribution in [-0.2, 0) is 25.6 Å². The summed E-state index contributed by atoms with van der Waals surface area (Å²) in [5.74, 6) is 0.288. The van der Waals surface area contributed by atoms with E-state index in [1.807, 2.05) is 30.3 Å². The van der Waals surface area contributed by atoms with Crippen molar-refractivity contribution in [1.82, 2.24) is 5.32 Å². The first-order valence-electron chi connectivity index (χ1n) is 10.4. The molecule has 0 radical (unpaired) electrons. The maximum atomic E-state index is 12.2. The molecular formula is C22H33NO5. The van der Waals surface area contributed by atoms with Gasteiger partial charge in [0.2, 0.25) is 0 Å². The Morgan fingerprint density at radius 1 is 1.07 bits per heavy atom. The molecule has 1 amide bonds. The highest BCUT2D eigenvalue weighted by Crippen LogP contribution is 2.29. The Bertz CT molecular complexity index is 584. The average molecular weight is 392 g/mol. The zero-order chi connectivity index (χ0) is 20.2. The van der Waals surface area contributed by atoms with Gasteiger partial charge in [-0.05, 0) is 44.1 Å². The molecule has 0 bridgehead atoms. The van der Waals surface area contributed by atoms with E-state index in [2.05, 4.69) is 12.2 Å². The predicted molar refractivity (Wildman–Crippen MR) is 107 cm³/mol. The van der Waals surface area contributed by atoms with Crippen molar-refractivity contribution in [2.75, 3.05) is 13.2 Å². The maximum absolute atomic E-state index is 12.2. The van der Waals surface area contributed by atoms with Crippen molar-refractivity contribution in [3.63, 3.8) is 0 Å². The third-order valence-corrected chi connectivity index (χ3v) is 5.07. The normalized spacial score (nSPS) is 20.2. The molecule has 156 valence electrons. The number of benzene rings is 1. The monoisotopic (exact) mass is 391 g/mol. The summed E-state index contributed by atoms with van der Waals surface area (Å²) in [6.07, 6.45) is 6.29. The number of nitrogens with one attached hydrogen (secondary N) is 1. The maximum Gasteiger partial charge on any atom is 0.408 e. The number of hydrogen-bond acceptors (Lipinski definition) is 5. The summed E-state index contributed by atoms with van der Waals surface area (Å²) in [5, 5.41) is 2.58. The first-order chi connectivity index (χ1) is 13.6. The van der Waals surface area contributed by atoms with Gasteiger partial charge in [0.25, 0.3) is 0 Å². The highest BCUT2D eigenvalue weighted by atomic mass is 16.6. The van der Waals surface area contributed by atoms with E-state index in [9.17, 15) is 9.59 Å². The molecule has 0 aromatic heterocycles. The number of amides is 1. The van der Waals surface area contributed by atoms with E-state index >= 15 is 0 Å². The van der Waals surface area contributed by atoms with Crippen molar-refractivity contribution in [3.05, 3.63) is 35.9 Å². The molecule has 1 aliphatic rings. The van der Waals surface area contributed by atoms with Crippen LogP contribution in [0.25, 0.3) is 0 Å². The lowest BCUT2D eigenvalue weighted by atomic mass is 9.85. The molecule has 0 aliphatic heterocycles. The van der Waals surface area contributed by atoms with Crippen molar-refractivity contribution in [2.24, 2.45) is 5.92 Å². The summed E-state index contributed by atoms with van der Waals surface area (Å²) in [6.45, 7) is 4.44. The summed E-state index contributed by atoms with van der Waals surface area (Å²) in [5.41, 5.74) is 0.880. The predicted octanol–water partition coefficient (Wildman–Crippen LogP) is 4.22. The van der Waals surface area contributed by atoms with Crippen LogP contribution in [0.4, 0.5) is 4.79 Å². The molecule has 0 heterocycles. The molecule has 0 saturated heterocycles. The van der Waals surface area contributed by atoms with E-state index in [0.29, 0.717) is 0 Å². The lowest BCUT2D eigenvalue weighted by Gasteiger charge is -2.29. The van der Waals surface area contributed by atoms with Crippen molar-refractivity contribution in [3.8, 4) is 0 Å². The summed E-state index contributed by atoms with van der Waals surface area (Å²) < 4.78 is 16.2. The van der Waals surface area contributed by atoms with Crippen molar-refractivity contribution >= 4 is 12.1 Å². The molecule has 1 fully saturated rings. The fraction of sp³-hybridized carbons (Fsp3) is 0.636. The molecule has 6 nitrogen and oxygen atoms in total. The van der Waals surface area contributed by atoms with E-state index in [0.717, 1.165) is 37.2 Å². The van der Waals surface area contributed by atoms with Gasteiger partial charge in [0, 0.05) is 0 Å². The third kappa shape index (κ3) is 7.89. The quantitative estimate of drug-likeness (QED) is 0.605. The zero-order valence-corrected chi connectivity index (χ0v) is 17.0. The summed E-state index contributed by atoms with van der Waals surface area (Å²) in [6, 6.07) is 8.52. The SMILES string of the molecule is CCCC1CCC(OCC(NC(=O)OCc2ccccc2)C(=O)OCC)CC1. The summed E-state index contributed by atoms with van der Waals surface area (Å²) in [7, 11) is 0. The van der Waals surface area contributed by atoms with Gasteiger partial charge in [-0.25, -0.2) is 9.59 Å². The lowest BCUT2D eigenvalue weighted by molar-refractivity contribution is -0.148. The van der Waals surface area contributed by atoms with Crippen LogP contribution in [0.3, 0.4) is 0 Å². The molecule has 1 aromatic rings. The standard InChI is InChI=1S/C22H33NO5/c1-3-8-17-11-13-19(14-12-17)27-16-20(21(24)26-4-2)23-22(25)28-15-18-9-6-5-7-10-18/h5-7,9-10,17,19-20H,3-4,8,11-16H2,1-2H3,(H,23,25). The van der Waals surface area contributed by atoms with Crippen LogP contribution in [0.1, 0.15) is 57.9 Å². The van der Waals surface area contributed by atoms with Gasteiger partial charge >= 0.3 is 12.1 Å². The Morgan fingerprint density at radius 3 is 2.43 bits per heavy atom. The molecule has 1 atom stereocenters. The van der Waals surface area contributed by atoms with Crippen LogP contribution in [0.2, 0.25) is 0 Å². The summed E-state index contributed by atoms with van der Waals surface area (Å²) >= 11 is 0. The number of alkyl carbamates (subject to hydrolysis) is 1. The number of rotatable bonds is 10. The Labute approximate surface area is 167 Å². The van der Waals surface area contributed by atoms with E-state index in [-0.39, 0.29) is 25.9 Å². The Balaban J connectivity index is 1.79. The number of ether oxygens (including phenoxy) is 3. The fourth-order valence-corrected chi connectivity index (χ4v) is 3.55. The Kier molecular flexibility index (Phi) is 9.83. The Hall–Kier alpha value is -2.08. The van der Waals surface area contributed by atoms with Gasteiger partial charge in [-0.3, -0.25) is 0 Å².